The molecule has 40 heavy (non-hydrogen) atoms. The number of allylic oxidation sites excluding steroid dienone is 1. The lowest BCUT2D eigenvalue weighted by Gasteiger charge is -2.43. The second-order valence-corrected chi connectivity index (χ2v) is 13.0. The minimum absolute atomic E-state index is 0.0515. The Labute approximate surface area is 236 Å². The predicted octanol–water partition coefficient (Wildman–Crippen LogP) is 4.68. The summed E-state index contributed by atoms with van der Waals surface area (Å²) in [6.07, 6.45) is 6.04. The number of aryl methyl sites for hydroxylation is 2. The molecule has 10 nitrogen and oxygen atoms in total. The number of hydrogen-bond acceptors (Lipinski definition) is 7. The molecule has 3 heterocycles. The molecule has 0 radical (unpaired) electrons. The monoisotopic (exact) mass is 556 g/mol. The zero-order valence-electron chi connectivity index (χ0n) is 24.9. The third kappa shape index (κ3) is 6.41. The fraction of sp³-hybridized carbons (Fsp3) is 0.700. The molecule has 2 bridgehead atoms. The van der Waals surface area contributed by atoms with E-state index < -0.39 is 41.1 Å². The summed E-state index contributed by atoms with van der Waals surface area (Å²) < 4.78 is 12.0. The minimum Gasteiger partial charge on any atom is -0.480 e. The van der Waals surface area contributed by atoms with Crippen LogP contribution in [0.5, 0.6) is 5.88 Å². The molecule has 1 saturated heterocycles. The Balaban J connectivity index is 1.71. The highest BCUT2D eigenvalue weighted by Crippen LogP contribution is 2.40. The Bertz CT molecular complexity index is 1190. The number of aliphatic carboxylic acids is 1. The maximum atomic E-state index is 14.1. The van der Waals surface area contributed by atoms with E-state index in [0.29, 0.717) is 23.9 Å². The molecule has 5 atom stereocenters. The van der Waals surface area contributed by atoms with Crippen LogP contribution in [0.15, 0.2) is 5.57 Å². The van der Waals surface area contributed by atoms with Crippen molar-refractivity contribution in [3.8, 4) is 5.88 Å². The summed E-state index contributed by atoms with van der Waals surface area (Å²) >= 11 is 0. The third-order valence-corrected chi connectivity index (χ3v) is 8.54. The van der Waals surface area contributed by atoms with Crippen LogP contribution in [0, 0.1) is 18.3 Å². The minimum atomic E-state index is -1.41. The molecule has 2 aliphatic heterocycles. The van der Waals surface area contributed by atoms with Gasteiger partial charge in [0.2, 0.25) is 11.8 Å². The molecular formula is C30H44N4O6. The van der Waals surface area contributed by atoms with E-state index in [1.807, 2.05) is 47.6 Å². The van der Waals surface area contributed by atoms with E-state index in [-0.39, 0.29) is 19.1 Å². The standard InChI is InChI=1S/C30H44N4O6/c1-17(2)13-22-18(3)31-21-12-10-8-9-11-19-14-24(19)40-28(38)33-30(7,29(4,5)6)27(37)34-16-20(39-25(21)32-22)15-23(34)26(35)36/h13,19-20,23-24H,8-12,14-16H2,1-7H3,(H,33,38)(H,35,36). The van der Waals surface area contributed by atoms with E-state index in [4.69, 9.17) is 19.4 Å². The Morgan fingerprint density at radius 3 is 2.50 bits per heavy atom. The zero-order valence-corrected chi connectivity index (χ0v) is 24.9. The number of carboxylic acids is 1. The molecule has 0 aromatic carbocycles. The average Bonchev–Trinajstić information content (AvgIpc) is 3.42. The van der Waals surface area contributed by atoms with Crippen LogP contribution in [0.1, 0.15) is 97.1 Å². The van der Waals surface area contributed by atoms with Crippen molar-refractivity contribution < 1.29 is 29.0 Å². The molecule has 2 amide bonds. The molecule has 0 spiro atoms. The first-order valence-corrected chi connectivity index (χ1v) is 14.4. The van der Waals surface area contributed by atoms with Crippen LogP contribution in [0.25, 0.3) is 6.08 Å². The molecule has 2 N–H and O–H groups in total. The molecule has 4 rings (SSSR count). The zero-order chi connectivity index (χ0) is 29.4. The van der Waals surface area contributed by atoms with Gasteiger partial charge in [0.05, 0.1) is 17.9 Å². The van der Waals surface area contributed by atoms with E-state index in [9.17, 15) is 19.5 Å². The van der Waals surface area contributed by atoms with Crippen molar-refractivity contribution in [1.29, 1.82) is 0 Å². The number of carboxylic acid groups (broad SMARTS) is 1. The van der Waals surface area contributed by atoms with Crippen LogP contribution in [-0.4, -0.2) is 68.3 Å². The Kier molecular flexibility index (Phi) is 8.47. The van der Waals surface area contributed by atoms with E-state index in [2.05, 4.69) is 5.32 Å². The van der Waals surface area contributed by atoms with Gasteiger partial charge < -0.3 is 24.8 Å². The number of rotatable bonds is 2. The van der Waals surface area contributed by atoms with Gasteiger partial charge in [-0.15, -0.1) is 0 Å². The summed E-state index contributed by atoms with van der Waals surface area (Å²) in [7, 11) is 0. The fourth-order valence-electron chi connectivity index (χ4n) is 5.49. The Hall–Kier alpha value is -3.17. The Morgan fingerprint density at radius 1 is 1.12 bits per heavy atom. The molecule has 10 heteroatoms. The number of aromatic nitrogens is 2. The highest BCUT2D eigenvalue weighted by molar-refractivity contribution is 5.93. The SMILES string of the molecule is CC(C)=Cc1nc2c(nc1C)CCCCCC1CC1OC(=O)NC(C)(C(C)(C)C)C(=O)N1CC(CC1C(=O)O)O2. The van der Waals surface area contributed by atoms with Gasteiger partial charge in [-0.1, -0.05) is 39.2 Å². The number of hydrogen-bond donors (Lipinski definition) is 2. The second kappa shape index (κ2) is 11.4. The van der Waals surface area contributed by atoms with Crippen LogP contribution in [0.4, 0.5) is 4.79 Å². The fourth-order valence-corrected chi connectivity index (χ4v) is 5.49. The normalized spacial score (nSPS) is 29.5. The van der Waals surface area contributed by atoms with Crippen LogP contribution in [0.3, 0.4) is 0 Å². The molecule has 3 aliphatic rings. The number of nitrogens with one attached hydrogen (secondary N) is 1. The lowest BCUT2D eigenvalue weighted by molar-refractivity contribution is -0.153. The van der Waals surface area contributed by atoms with E-state index in [0.717, 1.165) is 49.1 Å². The summed E-state index contributed by atoms with van der Waals surface area (Å²) in [6.45, 7) is 13.1. The molecule has 1 saturated carbocycles. The van der Waals surface area contributed by atoms with Gasteiger partial charge in [0.25, 0.3) is 0 Å². The van der Waals surface area contributed by atoms with Crippen molar-refractivity contribution >= 4 is 24.0 Å². The van der Waals surface area contributed by atoms with Crippen LogP contribution < -0.4 is 10.1 Å². The van der Waals surface area contributed by atoms with Gasteiger partial charge in [0.1, 0.15) is 29.5 Å². The maximum Gasteiger partial charge on any atom is 0.408 e. The first-order valence-electron chi connectivity index (χ1n) is 14.4. The lowest BCUT2D eigenvalue weighted by Crippen LogP contribution is -2.65. The van der Waals surface area contributed by atoms with Crippen molar-refractivity contribution in [2.45, 2.75) is 117 Å². The van der Waals surface area contributed by atoms with Crippen LogP contribution in [0.2, 0.25) is 0 Å². The molecule has 5 unspecified atom stereocenters. The molecule has 1 aromatic heterocycles. The summed E-state index contributed by atoms with van der Waals surface area (Å²) in [5, 5.41) is 12.9. The quantitative estimate of drug-likeness (QED) is 0.537. The van der Waals surface area contributed by atoms with Gasteiger partial charge in [-0.3, -0.25) is 9.78 Å². The number of alkyl carbamates (subject to hydrolysis) is 1. The van der Waals surface area contributed by atoms with Crippen molar-refractivity contribution in [2.75, 3.05) is 6.54 Å². The predicted molar refractivity (Wildman–Crippen MR) is 150 cm³/mol. The van der Waals surface area contributed by atoms with Crippen molar-refractivity contribution in [1.82, 2.24) is 20.2 Å². The number of carbonyl (C=O) groups excluding carboxylic acids is 2. The van der Waals surface area contributed by atoms with Crippen molar-refractivity contribution in [2.24, 2.45) is 11.3 Å². The third-order valence-electron chi connectivity index (χ3n) is 8.54. The molecular weight excluding hydrogens is 512 g/mol. The number of nitrogens with zero attached hydrogens (tertiary/aromatic N) is 3. The molecule has 1 aliphatic carbocycles. The van der Waals surface area contributed by atoms with E-state index >= 15 is 0 Å². The van der Waals surface area contributed by atoms with Crippen LogP contribution in [-0.2, 0) is 20.7 Å². The van der Waals surface area contributed by atoms with Crippen LogP contribution >= 0.6 is 0 Å². The largest absolute Gasteiger partial charge is 0.480 e. The number of amides is 2. The maximum absolute atomic E-state index is 14.1. The highest BCUT2D eigenvalue weighted by Gasteiger charge is 2.53. The van der Waals surface area contributed by atoms with E-state index in [1.165, 1.54) is 4.90 Å². The average molecular weight is 557 g/mol. The summed E-state index contributed by atoms with van der Waals surface area (Å²) in [4.78, 5) is 50.3. The van der Waals surface area contributed by atoms with Gasteiger partial charge in [0, 0.05) is 6.42 Å². The second-order valence-electron chi connectivity index (χ2n) is 13.0. The number of carbonyl (C=O) groups is 3. The Morgan fingerprint density at radius 2 is 1.85 bits per heavy atom. The van der Waals surface area contributed by atoms with Gasteiger partial charge in [-0.25, -0.2) is 14.6 Å². The van der Waals surface area contributed by atoms with E-state index in [1.54, 1.807) is 6.92 Å². The smallest absolute Gasteiger partial charge is 0.408 e. The first kappa shape index (κ1) is 29.8. The van der Waals surface area contributed by atoms with Crippen molar-refractivity contribution in [3.63, 3.8) is 0 Å². The van der Waals surface area contributed by atoms with Gasteiger partial charge in [-0.05, 0) is 70.8 Å². The molecule has 220 valence electrons. The topological polar surface area (TPSA) is 131 Å². The van der Waals surface area contributed by atoms with Gasteiger partial charge in [0.15, 0.2) is 0 Å². The van der Waals surface area contributed by atoms with Gasteiger partial charge in [-0.2, -0.15) is 0 Å². The molecule has 1 aromatic rings. The molecule has 2 fully saturated rings. The van der Waals surface area contributed by atoms with Gasteiger partial charge >= 0.3 is 12.1 Å². The van der Waals surface area contributed by atoms with Crippen molar-refractivity contribution in [3.05, 3.63) is 22.7 Å². The number of fused-ring (bicyclic) bond motifs is 4. The summed E-state index contributed by atoms with van der Waals surface area (Å²) in [5.41, 5.74) is 1.21. The lowest BCUT2D eigenvalue weighted by atomic mass is 9.73. The summed E-state index contributed by atoms with van der Waals surface area (Å²) in [5.74, 6) is -0.888. The summed E-state index contributed by atoms with van der Waals surface area (Å²) in [6, 6.07) is -1.11. The number of ether oxygens (including phenoxy) is 2. The first-order chi connectivity index (χ1) is 18.7. The highest BCUT2D eigenvalue weighted by atomic mass is 16.6.